The summed E-state index contributed by atoms with van der Waals surface area (Å²) in [5, 5.41) is 2.76. The summed E-state index contributed by atoms with van der Waals surface area (Å²) in [6.07, 6.45) is 1.05. The minimum Gasteiger partial charge on any atom is -0.352 e. The molecule has 0 radical (unpaired) electrons. The lowest BCUT2D eigenvalue weighted by atomic mass is 10.1. The lowest BCUT2D eigenvalue weighted by Gasteiger charge is -2.34. The molecular weight excluding hydrogens is 338 g/mol. The predicted octanol–water partition coefficient (Wildman–Crippen LogP) is 2.32. The summed E-state index contributed by atoms with van der Waals surface area (Å²) < 4.78 is 0. The number of hydrogen-bond acceptors (Lipinski definition) is 3. The normalized spacial score (nSPS) is 14.8. The molecule has 1 aliphatic heterocycles. The van der Waals surface area contributed by atoms with Gasteiger partial charge in [-0.15, -0.1) is 0 Å². The van der Waals surface area contributed by atoms with Crippen LogP contribution in [0.25, 0.3) is 0 Å². The highest BCUT2D eigenvalue weighted by molar-refractivity contribution is 5.94. The second kappa shape index (κ2) is 9.33. The number of benzene rings is 2. The molecule has 1 fully saturated rings. The van der Waals surface area contributed by atoms with Crippen molar-refractivity contribution in [2.45, 2.75) is 19.9 Å². The number of nitrogens with zero attached hydrogens (tertiary/aromatic N) is 2. The summed E-state index contributed by atoms with van der Waals surface area (Å²) in [6, 6.07) is 18.0. The van der Waals surface area contributed by atoms with Gasteiger partial charge in [0, 0.05) is 51.8 Å². The highest BCUT2D eigenvalue weighted by atomic mass is 16.2. The Labute approximate surface area is 161 Å². The molecule has 3 rings (SSSR count). The first kappa shape index (κ1) is 19.1. The van der Waals surface area contributed by atoms with Crippen LogP contribution in [0, 0.1) is 0 Å². The molecule has 0 aliphatic carbocycles. The fraction of sp³-hybridized carbons (Fsp3) is 0.364. The van der Waals surface area contributed by atoms with Gasteiger partial charge in [-0.2, -0.15) is 0 Å². The molecule has 0 unspecified atom stereocenters. The van der Waals surface area contributed by atoms with E-state index < -0.39 is 0 Å². The Morgan fingerprint density at radius 1 is 0.889 bits per heavy atom. The quantitative estimate of drug-likeness (QED) is 0.855. The van der Waals surface area contributed by atoms with Crippen molar-refractivity contribution >= 4 is 11.8 Å². The van der Waals surface area contributed by atoms with E-state index in [1.807, 2.05) is 35.2 Å². The van der Waals surface area contributed by atoms with Crippen molar-refractivity contribution in [2.75, 3.05) is 32.7 Å². The third kappa shape index (κ3) is 5.66. The van der Waals surface area contributed by atoms with Gasteiger partial charge in [0.05, 0.1) is 0 Å². The number of carbonyl (C=O) groups is 2. The van der Waals surface area contributed by atoms with Crippen LogP contribution in [-0.2, 0) is 17.8 Å². The maximum atomic E-state index is 12.7. The summed E-state index contributed by atoms with van der Waals surface area (Å²) in [6.45, 7) is 6.38. The van der Waals surface area contributed by atoms with Crippen LogP contribution in [0.15, 0.2) is 54.6 Å². The van der Waals surface area contributed by atoms with Crippen LogP contribution < -0.4 is 5.32 Å². The molecule has 0 atom stereocenters. The minimum absolute atomic E-state index is 0.0553. The number of hydrogen-bond donors (Lipinski definition) is 1. The third-order valence-corrected chi connectivity index (χ3v) is 4.96. The zero-order valence-corrected chi connectivity index (χ0v) is 15.9. The molecule has 5 nitrogen and oxygen atoms in total. The first-order valence-electron chi connectivity index (χ1n) is 9.51. The maximum Gasteiger partial charge on any atom is 0.253 e. The Bertz CT molecular complexity index is 751. The van der Waals surface area contributed by atoms with Gasteiger partial charge < -0.3 is 10.2 Å². The van der Waals surface area contributed by atoms with Crippen LogP contribution in [0.1, 0.15) is 28.4 Å². The van der Waals surface area contributed by atoms with E-state index in [-0.39, 0.29) is 11.8 Å². The molecule has 1 N–H and O–H groups in total. The van der Waals surface area contributed by atoms with Crippen molar-refractivity contribution in [3.8, 4) is 0 Å². The van der Waals surface area contributed by atoms with Gasteiger partial charge in [-0.25, -0.2) is 0 Å². The fourth-order valence-electron chi connectivity index (χ4n) is 3.28. The van der Waals surface area contributed by atoms with E-state index in [1.54, 1.807) is 0 Å². The van der Waals surface area contributed by atoms with E-state index >= 15 is 0 Å². The van der Waals surface area contributed by atoms with E-state index in [9.17, 15) is 9.59 Å². The van der Waals surface area contributed by atoms with Crippen LogP contribution in [0.4, 0.5) is 0 Å². The largest absolute Gasteiger partial charge is 0.352 e. The van der Waals surface area contributed by atoms with Gasteiger partial charge in [0.1, 0.15) is 0 Å². The van der Waals surface area contributed by atoms with Crippen molar-refractivity contribution in [3.63, 3.8) is 0 Å². The highest BCUT2D eigenvalue weighted by Crippen LogP contribution is 2.11. The first-order chi connectivity index (χ1) is 13.1. The molecule has 2 aromatic rings. The van der Waals surface area contributed by atoms with E-state index in [0.29, 0.717) is 12.1 Å². The van der Waals surface area contributed by atoms with Crippen LogP contribution >= 0.6 is 0 Å². The average molecular weight is 365 g/mol. The maximum absolute atomic E-state index is 12.7. The minimum atomic E-state index is -0.0553. The van der Waals surface area contributed by atoms with Gasteiger partial charge in [-0.3, -0.25) is 14.5 Å². The van der Waals surface area contributed by atoms with Crippen LogP contribution in [-0.4, -0.2) is 54.3 Å². The molecule has 0 spiro atoms. The van der Waals surface area contributed by atoms with E-state index in [1.165, 1.54) is 12.5 Å². The zero-order valence-electron chi connectivity index (χ0n) is 15.9. The summed E-state index contributed by atoms with van der Waals surface area (Å²) >= 11 is 0. The molecule has 0 bridgehead atoms. The standard InChI is InChI=1S/C22H27N3O2/c1-18(26)23-17-20-7-9-21(10-8-20)22(27)25-15-13-24(14-16-25)12-11-19-5-3-2-4-6-19/h2-10H,11-17H2,1H3,(H,23,26). The summed E-state index contributed by atoms with van der Waals surface area (Å²) in [5.74, 6) is 0.0316. The SMILES string of the molecule is CC(=O)NCc1ccc(C(=O)N2CCN(CCc3ccccc3)CC2)cc1. The Morgan fingerprint density at radius 3 is 2.19 bits per heavy atom. The van der Waals surface area contributed by atoms with Gasteiger partial charge >= 0.3 is 0 Å². The Hall–Kier alpha value is -2.66. The molecule has 1 heterocycles. The smallest absolute Gasteiger partial charge is 0.253 e. The van der Waals surface area contributed by atoms with Crippen molar-refractivity contribution in [3.05, 3.63) is 71.3 Å². The molecule has 1 aliphatic rings. The molecule has 142 valence electrons. The lowest BCUT2D eigenvalue weighted by molar-refractivity contribution is -0.119. The number of carbonyl (C=O) groups excluding carboxylic acids is 2. The van der Waals surface area contributed by atoms with Crippen molar-refractivity contribution in [2.24, 2.45) is 0 Å². The topological polar surface area (TPSA) is 52.7 Å². The highest BCUT2D eigenvalue weighted by Gasteiger charge is 2.21. The summed E-state index contributed by atoms with van der Waals surface area (Å²) in [5.41, 5.74) is 3.06. The van der Waals surface area contributed by atoms with E-state index in [4.69, 9.17) is 0 Å². The summed E-state index contributed by atoms with van der Waals surface area (Å²) in [7, 11) is 0. The molecule has 27 heavy (non-hydrogen) atoms. The molecule has 0 aromatic heterocycles. The fourth-order valence-corrected chi connectivity index (χ4v) is 3.28. The van der Waals surface area contributed by atoms with Crippen molar-refractivity contribution in [1.82, 2.24) is 15.1 Å². The van der Waals surface area contributed by atoms with Gasteiger partial charge in [0.25, 0.3) is 5.91 Å². The summed E-state index contributed by atoms with van der Waals surface area (Å²) in [4.78, 5) is 28.0. The number of piperazine rings is 1. The monoisotopic (exact) mass is 365 g/mol. The Kier molecular flexibility index (Phi) is 6.60. The number of amides is 2. The van der Waals surface area contributed by atoms with E-state index in [0.717, 1.165) is 44.7 Å². The number of rotatable bonds is 6. The van der Waals surface area contributed by atoms with Crippen LogP contribution in [0.2, 0.25) is 0 Å². The Morgan fingerprint density at radius 2 is 1.56 bits per heavy atom. The Balaban J connectivity index is 1.46. The lowest BCUT2D eigenvalue weighted by Crippen LogP contribution is -2.49. The average Bonchev–Trinajstić information content (AvgIpc) is 2.72. The van der Waals surface area contributed by atoms with Crippen LogP contribution in [0.3, 0.4) is 0 Å². The molecule has 2 amide bonds. The zero-order chi connectivity index (χ0) is 19.1. The van der Waals surface area contributed by atoms with Gasteiger partial charge in [0.15, 0.2) is 0 Å². The van der Waals surface area contributed by atoms with Gasteiger partial charge in [0.2, 0.25) is 5.91 Å². The molecular formula is C22H27N3O2. The first-order valence-corrected chi connectivity index (χ1v) is 9.51. The van der Waals surface area contributed by atoms with Gasteiger partial charge in [-0.1, -0.05) is 42.5 Å². The predicted molar refractivity (Wildman–Crippen MR) is 106 cm³/mol. The molecule has 0 saturated carbocycles. The van der Waals surface area contributed by atoms with E-state index in [2.05, 4.69) is 34.5 Å². The molecule has 1 saturated heterocycles. The molecule has 5 heteroatoms. The third-order valence-electron chi connectivity index (χ3n) is 4.96. The van der Waals surface area contributed by atoms with Crippen molar-refractivity contribution in [1.29, 1.82) is 0 Å². The van der Waals surface area contributed by atoms with Crippen LogP contribution in [0.5, 0.6) is 0 Å². The molecule has 2 aromatic carbocycles. The number of nitrogens with one attached hydrogen (secondary N) is 1. The second-order valence-electron chi connectivity index (χ2n) is 6.98. The second-order valence-corrected chi connectivity index (χ2v) is 6.98. The van der Waals surface area contributed by atoms with Gasteiger partial charge in [-0.05, 0) is 29.7 Å². The van der Waals surface area contributed by atoms with Crippen molar-refractivity contribution < 1.29 is 9.59 Å².